The third kappa shape index (κ3) is 2.94. The lowest BCUT2D eigenvalue weighted by Gasteiger charge is -2.13. The summed E-state index contributed by atoms with van der Waals surface area (Å²) in [5, 5.41) is 9.46. The summed E-state index contributed by atoms with van der Waals surface area (Å²) in [6, 6.07) is 6.53. The molecular weight excluding hydrogens is 296 g/mol. The Labute approximate surface area is 117 Å². The molecule has 0 aromatic heterocycles. The van der Waals surface area contributed by atoms with Gasteiger partial charge in [-0.15, -0.1) is 0 Å². The van der Waals surface area contributed by atoms with Crippen molar-refractivity contribution < 1.29 is 22.7 Å². The average Bonchev–Trinajstić information content (AvgIpc) is 2.40. The molecule has 0 saturated carbocycles. The smallest absolute Gasteiger partial charge is 0.392 e. The van der Waals surface area contributed by atoms with E-state index in [9.17, 15) is 22.7 Å². The molecule has 106 valence electrons. The van der Waals surface area contributed by atoms with Crippen LogP contribution in [0.3, 0.4) is 0 Å². The molecular formula is C14H9ClF4O. The molecule has 2 rings (SSSR count). The number of benzene rings is 2. The largest absolute Gasteiger partial charge is 0.416 e. The zero-order chi connectivity index (χ0) is 14.9. The Kier molecular flexibility index (Phi) is 4.01. The molecule has 1 nitrogen and oxygen atoms in total. The molecule has 1 N–H and O–H groups in total. The first kappa shape index (κ1) is 14.8. The summed E-state index contributed by atoms with van der Waals surface area (Å²) in [5.74, 6) is -0.621. The highest BCUT2D eigenvalue weighted by Gasteiger charge is 2.31. The first-order chi connectivity index (χ1) is 9.32. The Bertz CT molecular complexity index is 638. The highest BCUT2D eigenvalue weighted by molar-refractivity contribution is 6.30. The maximum atomic E-state index is 13.7. The predicted molar refractivity (Wildman–Crippen MR) is 67.8 cm³/mol. The fraction of sp³-hybridized carbons (Fsp3) is 0.143. The van der Waals surface area contributed by atoms with Gasteiger partial charge in [-0.05, 0) is 41.5 Å². The van der Waals surface area contributed by atoms with Gasteiger partial charge in [0.25, 0.3) is 0 Å². The van der Waals surface area contributed by atoms with Crippen molar-refractivity contribution in [2.24, 2.45) is 0 Å². The quantitative estimate of drug-likeness (QED) is 0.800. The van der Waals surface area contributed by atoms with Gasteiger partial charge in [-0.3, -0.25) is 0 Å². The first-order valence-electron chi connectivity index (χ1n) is 5.59. The van der Waals surface area contributed by atoms with E-state index in [2.05, 4.69) is 0 Å². The predicted octanol–water partition coefficient (Wildman–Crippen LogP) is 4.66. The van der Waals surface area contributed by atoms with Gasteiger partial charge >= 0.3 is 6.18 Å². The van der Waals surface area contributed by atoms with Crippen LogP contribution in [-0.2, 0) is 12.8 Å². The Morgan fingerprint density at radius 1 is 1.00 bits per heavy atom. The molecule has 0 bridgehead atoms. The number of hydrogen-bond acceptors (Lipinski definition) is 1. The Morgan fingerprint density at radius 3 is 2.30 bits per heavy atom. The van der Waals surface area contributed by atoms with E-state index in [-0.39, 0.29) is 21.7 Å². The molecule has 0 aliphatic rings. The van der Waals surface area contributed by atoms with Gasteiger partial charge in [0.1, 0.15) is 5.82 Å². The topological polar surface area (TPSA) is 20.2 Å². The molecule has 0 aliphatic carbocycles. The SMILES string of the molecule is OCc1cc(C(F)(F)F)ccc1-c1cc(Cl)ccc1F. The molecule has 0 fully saturated rings. The highest BCUT2D eigenvalue weighted by Crippen LogP contribution is 2.35. The first-order valence-corrected chi connectivity index (χ1v) is 5.97. The van der Waals surface area contributed by atoms with E-state index >= 15 is 0 Å². The molecule has 0 heterocycles. The van der Waals surface area contributed by atoms with Crippen LogP contribution in [0.1, 0.15) is 11.1 Å². The normalized spacial score (nSPS) is 11.7. The number of halogens is 5. The van der Waals surface area contributed by atoms with Gasteiger partial charge in [0.15, 0.2) is 0 Å². The highest BCUT2D eigenvalue weighted by atomic mass is 35.5. The van der Waals surface area contributed by atoms with E-state index < -0.39 is 24.2 Å². The Hall–Kier alpha value is -1.59. The summed E-state index contributed by atoms with van der Waals surface area (Å²) in [6.07, 6.45) is -4.52. The van der Waals surface area contributed by atoms with Crippen LogP contribution in [0.4, 0.5) is 17.6 Å². The second-order valence-electron chi connectivity index (χ2n) is 4.15. The van der Waals surface area contributed by atoms with E-state index in [0.29, 0.717) is 0 Å². The molecule has 0 unspecified atom stereocenters. The fourth-order valence-electron chi connectivity index (χ4n) is 1.87. The molecule has 0 spiro atoms. The molecule has 0 radical (unpaired) electrons. The lowest BCUT2D eigenvalue weighted by molar-refractivity contribution is -0.137. The van der Waals surface area contributed by atoms with Gasteiger partial charge in [0, 0.05) is 10.6 Å². The van der Waals surface area contributed by atoms with Crippen LogP contribution in [0.5, 0.6) is 0 Å². The minimum atomic E-state index is -4.52. The van der Waals surface area contributed by atoms with Crippen LogP contribution in [0, 0.1) is 5.82 Å². The second-order valence-corrected chi connectivity index (χ2v) is 4.59. The zero-order valence-corrected chi connectivity index (χ0v) is 10.8. The van der Waals surface area contributed by atoms with Crippen LogP contribution < -0.4 is 0 Å². The van der Waals surface area contributed by atoms with E-state index in [4.69, 9.17) is 11.6 Å². The summed E-state index contributed by atoms with van der Waals surface area (Å²) in [4.78, 5) is 0. The van der Waals surface area contributed by atoms with Crippen molar-refractivity contribution in [2.45, 2.75) is 12.8 Å². The minimum absolute atomic E-state index is 0.0130. The lowest BCUT2D eigenvalue weighted by atomic mass is 9.97. The van der Waals surface area contributed by atoms with Crippen molar-refractivity contribution in [2.75, 3.05) is 0 Å². The monoisotopic (exact) mass is 304 g/mol. The van der Waals surface area contributed by atoms with Crippen molar-refractivity contribution in [3.8, 4) is 11.1 Å². The van der Waals surface area contributed by atoms with Crippen LogP contribution >= 0.6 is 11.6 Å². The van der Waals surface area contributed by atoms with Crippen LogP contribution in [0.2, 0.25) is 5.02 Å². The Morgan fingerprint density at radius 2 is 1.70 bits per heavy atom. The van der Waals surface area contributed by atoms with Gasteiger partial charge in [0.2, 0.25) is 0 Å². The van der Waals surface area contributed by atoms with Crippen LogP contribution in [0.15, 0.2) is 36.4 Å². The summed E-state index contributed by atoms with van der Waals surface area (Å²) >= 11 is 5.76. The third-order valence-electron chi connectivity index (χ3n) is 2.82. The molecule has 6 heteroatoms. The second kappa shape index (κ2) is 5.42. The van der Waals surface area contributed by atoms with Gasteiger partial charge in [-0.1, -0.05) is 17.7 Å². The fourth-order valence-corrected chi connectivity index (χ4v) is 2.04. The molecule has 0 saturated heterocycles. The van der Waals surface area contributed by atoms with Gasteiger partial charge in [0.05, 0.1) is 12.2 Å². The number of aliphatic hydroxyl groups is 1. The van der Waals surface area contributed by atoms with Crippen molar-refractivity contribution >= 4 is 11.6 Å². The average molecular weight is 305 g/mol. The molecule has 2 aromatic rings. The Balaban J connectivity index is 2.60. The van der Waals surface area contributed by atoms with Crippen molar-refractivity contribution in [3.05, 3.63) is 58.4 Å². The zero-order valence-electron chi connectivity index (χ0n) is 10.0. The van der Waals surface area contributed by atoms with Crippen LogP contribution in [0.25, 0.3) is 11.1 Å². The van der Waals surface area contributed by atoms with Gasteiger partial charge < -0.3 is 5.11 Å². The van der Waals surface area contributed by atoms with Crippen molar-refractivity contribution in [1.29, 1.82) is 0 Å². The van der Waals surface area contributed by atoms with Crippen LogP contribution in [-0.4, -0.2) is 5.11 Å². The van der Waals surface area contributed by atoms with Crippen molar-refractivity contribution in [3.63, 3.8) is 0 Å². The number of alkyl halides is 3. The number of rotatable bonds is 2. The standard InChI is InChI=1S/C14H9ClF4O/c15-10-2-4-13(16)12(6-10)11-3-1-9(14(17,18)19)5-8(11)7-20/h1-6,20H,7H2. The third-order valence-corrected chi connectivity index (χ3v) is 3.06. The molecule has 20 heavy (non-hydrogen) atoms. The maximum Gasteiger partial charge on any atom is 0.416 e. The van der Waals surface area contributed by atoms with Crippen molar-refractivity contribution in [1.82, 2.24) is 0 Å². The molecule has 2 aromatic carbocycles. The summed E-state index contributed by atoms with van der Waals surface area (Å²) < 4.78 is 51.6. The summed E-state index contributed by atoms with van der Waals surface area (Å²) in [7, 11) is 0. The van der Waals surface area contributed by atoms with Gasteiger partial charge in [-0.2, -0.15) is 13.2 Å². The summed E-state index contributed by atoms with van der Waals surface area (Å²) in [6.45, 7) is -0.634. The molecule has 0 amide bonds. The molecule has 0 aliphatic heterocycles. The number of hydrogen-bond donors (Lipinski definition) is 1. The lowest BCUT2D eigenvalue weighted by Crippen LogP contribution is -2.06. The van der Waals surface area contributed by atoms with E-state index in [1.54, 1.807) is 0 Å². The minimum Gasteiger partial charge on any atom is -0.392 e. The summed E-state index contributed by atoms with van der Waals surface area (Å²) in [5.41, 5.74) is -0.676. The van der Waals surface area contributed by atoms with E-state index in [1.807, 2.05) is 0 Å². The maximum absolute atomic E-state index is 13.7. The molecule has 0 atom stereocenters. The van der Waals surface area contributed by atoms with E-state index in [1.165, 1.54) is 12.1 Å². The number of aliphatic hydroxyl groups excluding tert-OH is 1. The van der Waals surface area contributed by atoms with E-state index in [0.717, 1.165) is 24.3 Å². The van der Waals surface area contributed by atoms with Gasteiger partial charge in [-0.25, -0.2) is 4.39 Å².